The molecule has 1 aliphatic heterocycles. The van der Waals surface area contributed by atoms with Crippen LogP contribution < -0.4 is 5.43 Å². The van der Waals surface area contributed by atoms with E-state index in [-0.39, 0.29) is 6.23 Å². The second-order valence-electron chi connectivity index (χ2n) is 3.32. The number of hydrogen-bond acceptors (Lipinski definition) is 3. The normalized spacial score (nSPS) is 31.5. The predicted octanol–water partition coefficient (Wildman–Crippen LogP) is 1.46. The van der Waals surface area contributed by atoms with Crippen molar-refractivity contribution in [2.24, 2.45) is 11.0 Å². The van der Waals surface area contributed by atoms with Gasteiger partial charge in [0, 0.05) is 5.92 Å². The molecule has 0 aromatic rings. The summed E-state index contributed by atoms with van der Waals surface area (Å²) in [6.45, 7) is 0. The molecule has 0 radical (unpaired) electrons. The minimum atomic E-state index is 0.176. The first kappa shape index (κ1) is 6.95. The van der Waals surface area contributed by atoms with Crippen LogP contribution in [0.2, 0.25) is 0 Å². The molecule has 11 heavy (non-hydrogen) atoms. The highest BCUT2D eigenvalue weighted by Crippen LogP contribution is 2.27. The molecule has 1 heterocycles. The van der Waals surface area contributed by atoms with E-state index in [9.17, 15) is 0 Å². The van der Waals surface area contributed by atoms with Crippen LogP contribution in [0.3, 0.4) is 0 Å². The van der Waals surface area contributed by atoms with Gasteiger partial charge in [-0.05, 0) is 12.8 Å². The Kier molecular flexibility index (Phi) is 1.97. The number of rotatable bonds is 1. The van der Waals surface area contributed by atoms with Crippen LogP contribution in [0.1, 0.15) is 32.1 Å². The van der Waals surface area contributed by atoms with E-state index in [1.54, 1.807) is 0 Å². The van der Waals surface area contributed by atoms with Crippen molar-refractivity contribution in [1.29, 1.82) is 0 Å². The summed E-state index contributed by atoms with van der Waals surface area (Å²) in [5.74, 6) is 0.686. The summed E-state index contributed by atoms with van der Waals surface area (Å²) in [7, 11) is 0. The van der Waals surface area contributed by atoms with Gasteiger partial charge in [0.1, 0.15) is 0 Å². The van der Waals surface area contributed by atoms with Crippen molar-refractivity contribution in [2.45, 2.75) is 38.3 Å². The zero-order valence-corrected chi connectivity index (χ0v) is 6.62. The lowest BCUT2D eigenvalue weighted by Gasteiger charge is -2.25. The van der Waals surface area contributed by atoms with Crippen molar-refractivity contribution in [1.82, 2.24) is 5.43 Å². The van der Waals surface area contributed by atoms with Crippen molar-refractivity contribution >= 4 is 6.40 Å². The largest absolute Gasteiger partial charge is 0.457 e. The van der Waals surface area contributed by atoms with Crippen molar-refractivity contribution in [3.63, 3.8) is 0 Å². The predicted molar refractivity (Wildman–Crippen MR) is 43.1 cm³/mol. The van der Waals surface area contributed by atoms with E-state index >= 15 is 0 Å². The average Bonchev–Trinajstić information content (AvgIpc) is 2.58. The van der Waals surface area contributed by atoms with Crippen LogP contribution in [0.25, 0.3) is 0 Å². The number of hydrazone groups is 1. The number of nitrogens with zero attached hydrogens (tertiary/aromatic N) is 1. The van der Waals surface area contributed by atoms with Gasteiger partial charge < -0.3 is 4.74 Å². The Morgan fingerprint density at radius 3 is 2.73 bits per heavy atom. The van der Waals surface area contributed by atoms with E-state index < -0.39 is 0 Å². The summed E-state index contributed by atoms with van der Waals surface area (Å²) in [5.41, 5.74) is 2.97. The highest BCUT2D eigenvalue weighted by atomic mass is 16.5. The molecule has 0 saturated heterocycles. The van der Waals surface area contributed by atoms with Crippen LogP contribution >= 0.6 is 0 Å². The molecule has 62 valence electrons. The van der Waals surface area contributed by atoms with Gasteiger partial charge in [0.2, 0.25) is 0 Å². The molecule has 0 spiro atoms. The Balaban J connectivity index is 1.83. The van der Waals surface area contributed by atoms with E-state index in [2.05, 4.69) is 10.5 Å². The molecule has 0 aromatic heterocycles. The van der Waals surface area contributed by atoms with Gasteiger partial charge in [0.25, 0.3) is 0 Å². The summed E-state index contributed by atoms with van der Waals surface area (Å²) < 4.78 is 5.29. The van der Waals surface area contributed by atoms with Gasteiger partial charge in [0.15, 0.2) is 12.6 Å². The van der Waals surface area contributed by atoms with Gasteiger partial charge in [-0.1, -0.05) is 19.3 Å². The van der Waals surface area contributed by atoms with Gasteiger partial charge in [0.05, 0.1) is 0 Å². The smallest absolute Gasteiger partial charge is 0.195 e. The van der Waals surface area contributed by atoms with Crippen molar-refractivity contribution in [3.8, 4) is 0 Å². The summed E-state index contributed by atoms with van der Waals surface area (Å²) in [6.07, 6.45) is 8.37. The van der Waals surface area contributed by atoms with Gasteiger partial charge in [-0.3, -0.25) is 5.43 Å². The first-order valence-corrected chi connectivity index (χ1v) is 4.39. The molecular weight excluding hydrogens is 140 g/mol. The quantitative estimate of drug-likeness (QED) is 0.620. The van der Waals surface area contributed by atoms with Crippen LogP contribution in [0.15, 0.2) is 5.10 Å². The highest BCUT2D eigenvalue weighted by molar-refractivity contribution is 5.47. The zero-order chi connectivity index (χ0) is 7.52. The molecule has 3 heteroatoms. The van der Waals surface area contributed by atoms with Gasteiger partial charge in [-0.15, -0.1) is 5.10 Å². The Morgan fingerprint density at radius 2 is 2.09 bits per heavy atom. The number of ether oxygens (including phenoxy) is 1. The molecule has 1 fully saturated rings. The molecule has 2 rings (SSSR count). The van der Waals surface area contributed by atoms with Crippen molar-refractivity contribution in [2.75, 3.05) is 0 Å². The molecule has 2 aliphatic rings. The highest BCUT2D eigenvalue weighted by Gasteiger charge is 2.25. The topological polar surface area (TPSA) is 33.6 Å². The molecule has 3 nitrogen and oxygen atoms in total. The molecule has 0 aromatic carbocycles. The fourth-order valence-corrected chi connectivity index (χ4v) is 1.88. The van der Waals surface area contributed by atoms with Gasteiger partial charge in [-0.25, -0.2) is 0 Å². The summed E-state index contributed by atoms with van der Waals surface area (Å²) >= 11 is 0. The van der Waals surface area contributed by atoms with Crippen LogP contribution in [0.4, 0.5) is 0 Å². The molecule has 1 saturated carbocycles. The molecule has 1 aliphatic carbocycles. The Morgan fingerprint density at radius 1 is 1.27 bits per heavy atom. The fourth-order valence-electron chi connectivity index (χ4n) is 1.88. The van der Waals surface area contributed by atoms with Crippen molar-refractivity contribution in [3.05, 3.63) is 0 Å². The monoisotopic (exact) mass is 154 g/mol. The maximum atomic E-state index is 5.29. The Labute approximate surface area is 66.8 Å². The molecule has 0 bridgehead atoms. The third kappa shape index (κ3) is 1.47. The lowest BCUT2D eigenvalue weighted by atomic mass is 9.88. The van der Waals surface area contributed by atoms with E-state index in [1.807, 2.05) is 0 Å². The third-order valence-electron chi connectivity index (χ3n) is 2.54. The Bertz CT molecular complexity index is 144. The van der Waals surface area contributed by atoms with E-state index in [1.165, 1.54) is 38.5 Å². The van der Waals surface area contributed by atoms with E-state index in [4.69, 9.17) is 4.74 Å². The average molecular weight is 154 g/mol. The van der Waals surface area contributed by atoms with Crippen LogP contribution in [0, 0.1) is 5.92 Å². The lowest BCUT2D eigenvalue weighted by Crippen LogP contribution is -2.32. The summed E-state index contributed by atoms with van der Waals surface area (Å²) in [5, 5.41) is 3.84. The van der Waals surface area contributed by atoms with Gasteiger partial charge >= 0.3 is 0 Å². The van der Waals surface area contributed by atoms with Crippen LogP contribution in [-0.4, -0.2) is 12.6 Å². The molecule has 1 unspecified atom stereocenters. The first-order chi connectivity index (χ1) is 5.47. The Hall–Kier alpha value is -0.730. The minimum Gasteiger partial charge on any atom is -0.457 e. The van der Waals surface area contributed by atoms with Crippen molar-refractivity contribution < 1.29 is 4.74 Å². The molecule has 1 N–H and O–H groups in total. The SMILES string of the molecule is C1=NNC(C2CCCCC2)O1. The molecular formula is C8H14N2O. The summed E-state index contributed by atoms with van der Waals surface area (Å²) in [4.78, 5) is 0. The molecule has 1 atom stereocenters. The molecule has 0 amide bonds. The first-order valence-electron chi connectivity index (χ1n) is 4.39. The summed E-state index contributed by atoms with van der Waals surface area (Å²) in [6, 6.07) is 0. The van der Waals surface area contributed by atoms with Crippen LogP contribution in [-0.2, 0) is 4.74 Å². The third-order valence-corrected chi connectivity index (χ3v) is 2.54. The van der Waals surface area contributed by atoms with Gasteiger partial charge in [-0.2, -0.15) is 0 Å². The minimum absolute atomic E-state index is 0.176. The fraction of sp³-hybridized carbons (Fsp3) is 0.875. The number of hydrogen-bond donors (Lipinski definition) is 1. The standard InChI is InChI=1S/C8H14N2O/c1-2-4-7(5-3-1)8-10-9-6-11-8/h6-8,10H,1-5H2. The second kappa shape index (κ2) is 3.11. The maximum absolute atomic E-state index is 5.29. The van der Waals surface area contributed by atoms with E-state index in [0.717, 1.165) is 0 Å². The maximum Gasteiger partial charge on any atom is 0.195 e. The number of nitrogens with one attached hydrogen (secondary N) is 1. The van der Waals surface area contributed by atoms with Crippen LogP contribution in [0.5, 0.6) is 0 Å². The second-order valence-corrected chi connectivity index (χ2v) is 3.32. The van der Waals surface area contributed by atoms with E-state index in [0.29, 0.717) is 5.92 Å². The zero-order valence-electron chi connectivity index (χ0n) is 6.62. The lowest BCUT2D eigenvalue weighted by molar-refractivity contribution is 0.0973.